The number of hydrogen-bond acceptors (Lipinski definition) is 7. The fourth-order valence-corrected chi connectivity index (χ4v) is 6.17. The van der Waals surface area contributed by atoms with Gasteiger partial charge >= 0.3 is 5.97 Å². The van der Waals surface area contributed by atoms with Crippen LogP contribution in [0.25, 0.3) is 0 Å². The molecule has 30 heavy (non-hydrogen) atoms. The van der Waals surface area contributed by atoms with E-state index in [2.05, 4.69) is 21.3 Å². The van der Waals surface area contributed by atoms with Gasteiger partial charge in [0.15, 0.2) is 0 Å². The molecule has 0 saturated carbocycles. The van der Waals surface area contributed by atoms with Crippen molar-refractivity contribution in [3.63, 3.8) is 0 Å². The lowest BCUT2D eigenvalue weighted by Gasteiger charge is -2.47. The van der Waals surface area contributed by atoms with Crippen LogP contribution in [0.2, 0.25) is 0 Å². The summed E-state index contributed by atoms with van der Waals surface area (Å²) < 4.78 is 0. The van der Waals surface area contributed by atoms with E-state index in [4.69, 9.17) is 0 Å². The Hall–Kier alpha value is -2.11. The number of carbonyl (C=O) groups excluding carboxylic acids is 3. The number of carboxylic acid groups (broad SMARTS) is 1. The lowest BCUT2D eigenvalue weighted by atomic mass is 9.78. The summed E-state index contributed by atoms with van der Waals surface area (Å²) in [6.45, 7) is 5.13. The van der Waals surface area contributed by atoms with Crippen molar-refractivity contribution in [2.45, 2.75) is 43.6 Å². The molecule has 0 aromatic carbocycles. The Bertz CT molecular complexity index is 760. The average molecular weight is 440 g/mol. The van der Waals surface area contributed by atoms with Crippen LogP contribution in [0, 0.1) is 11.8 Å². The largest absolute Gasteiger partial charge is 0.477 e. The highest BCUT2D eigenvalue weighted by Crippen LogP contribution is 2.51. The number of nitrogens with zero attached hydrogens (tertiary/aromatic N) is 1. The molecule has 0 unspecified atom stereocenters. The van der Waals surface area contributed by atoms with Crippen molar-refractivity contribution < 1.29 is 24.3 Å². The van der Waals surface area contributed by atoms with Crippen LogP contribution in [0.15, 0.2) is 10.6 Å². The molecule has 2 saturated heterocycles. The molecule has 5 N–H and O–H groups in total. The van der Waals surface area contributed by atoms with E-state index in [1.54, 1.807) is 14.0 Å². The lowest BCUT2D eigenvalue weighted by Crippen LogP contribution is -2.66. The van der Waals surface area contributed by atoms with Gasteiger partial charge in [0.2, 0.25) is 18.2 Å². The second-order valence-electron chi connectivity index (χ2n) is 8.02. The van der Waals surface area contributed by atoms with Crippen molar-refractivity contribution in [1.82, 2.24) is 26.2 Å². The van der Waals surface area contributed by atoms with Gasteiger partial charge in [-0.25, -0.2) is 4.79 Å². The van der Waals surface area contributed by atoms with Crippen molar-refractivity contribution >= 4 is 36.0 Å². The number of likely N-dealkylation sites (N-methyl/N-ethyl adjacent to an activating group) is 1. The molecule has 3 heterocycles. The molecule has 3 aliphatic heterocycles. The third kappa shape index (κ3) is 4.19. The highest BCUT2D eigenvalue weighted by molar-refractivity contribution is 8.03. The zero-order chi connectivity index (χ0) is 22.0. The Morgan fingerprint density at radius 2 is 2.17 bits per heavy atom. The molecule has 0 aromatic rings. The van der Waals surface area contributed by atoms with E-state index >= 15 is 0 Å². The maximum atomic E-state index is 12.8. The molecule has 3 rings (SSSR count). The van der Waals surface area contributed by atoms with Crippen LogP contribution in [-0.2, 0) is 19.2 Å². The summed E-state index contributed by atoms with van der Waals surface area (Å²) in [5.41, 5.74) is 0.0713. The van der Waals surface area contributed by atoms with E-state index in [0.29, 0.717) is 24.4 Å². The minimum atomic E-state index is -1.10. The van der Waals surface area contributed by atoms with Crippen LogP contribution in [-0.4, -0.2) is 84.3 Å². The molecule has 6 atom stereocenters. The number of amides is 3. The molecular formula is C19H29N5O5S. The Kier molecular flexibility index (Phi) is 7.04. The van der Waals surface area contributed by atoms with Gasteiger partial charge in [0.1, 0.15) is 5.70 Å². The molecule has 0 aromatic heterocycles. The van der Waals surface area contributed by atoms with Gasteiger partial charge < -0.3 is 31.3 Å². The van der Waals surface area contributed by atoms with Gasteiger partial charge in [0, 0.05) is 41.2 Å². The highest BCUT2D eigenvalue weighted by atomic mass is 32.2. The van der Waals surface area contributed by atoms with Crippen molar-refractivity contribution in [3.05, 3.63) is 10.6 Å². The van der Waals surface area contributed by atoms with Crippen LogP contribution in [0.5, 0.6) is 0 Å². The summed E-state index contributed by atoms with van der Waals surface area (Å²) >= 11 is 1.51. The summed E-state index contributed by atoms with van der Waals surface area (Å²) in [6.07, 6.45) is 1.46. The second-order valence-corrected chi connectivity index (χ2v) is 9.37. The highest BCUT2D eigenvalue weighted by Gasteiger charge is 2.60. The molecule has 0 spiro atoms. The molecule has 166 valence electrons. The predicted molar refractivity (Wildman–Crippen MR) is 111 cm³/mol. The SMILES string of the molecule is CNCC(=O)N[C@H](C)[C@H]1C(=O)N2C(C(=O)O)=C(S[C@@H]3CN[C@H](CNC=O)C3)[C@H](C)[C@@H]12. The number of thioether (sulfide) groups is 1. The Morgan fingerprint density at radius 3 is 2.80 bits per heavy atom. The summed E-state index contributed by atoms with van der Waals surface area (Å²) in [4.78, 5) is 49.4. The second kappa shape index (κ2) is 9.36. The number of hydrogen-bond donors (Lipinski definition) is 5. The first-order valence-electron chi connectivity index (χ1n) is 10.1. The van der Waals surface area contributed by atoms with Crippen LogP contribution in [0.1, 0.15) is 20.3 Å². The molecule has 3 aliphatic rings. The molecule has 3 amide bonds. The number of nitrogens with one attached hydrogen (secondary N) is 4. The van der Waals surface area contributed by atoms with Gasteiger partial charge in [-0.3, -0.25) is 14.4 Å². The van der Waals surface area contributed by atoms with Gasteiger partial charge in [-0.1, -0.05) is 6.92 Å². The van der Waals surface area contributed by atoms with Crippen LogP contribution >= 0.6 is 11.8 Å². The van der Waals surface area contributed by atoms with E-state index in [9.17, 15) is 24.3 Å². The average Bonchev–Trinajstić information content (AvgIpc) is 3.22. The van der Waals surface area contributed by atoms with Crippen LogP contribution < -0.4 is 21.3 Å². The molecule has 0 radical (unpaired) electrons. The zero-order valence-electron chi connectivity index (χ0n) is 17.3. The van der Waals surface area contributed by atoms with Crippen molar-refractivity contribution in [2.24, 2.45) is 11.8 Å². The van der Waals surface area contributed by atoms with Crippen LogP contribution in [0.3, 0.4) is 0 Å². The number of β-lactam (4-membered cyclic amide) rings is 1. The molecule has 11 heteroatoms. The summed E-state index contributed by atoms with van der Waals surface area (Å²) in [5, 5.41) is 21.6. The number of carboxylic acids is 1. The first-order valence-corrected chi connectivity index (χ1v) is 11.0. The van der Waals surface area contributed by atoms with E-state index in [0.717, 1.165) is 6.42 Å². The minimum Gasteiger partial charge on any atom is -0.477 e. The van der Waals surface area contributed by atoms with E-state index in [1.807, 2.05) is 6.92 Å². The van der Waals surface area contributed by atoms with Crippen LogP contribution in [0.4, 0.5) is 0 Å². The van der Waals surface area contributed by atoms with Gasteiger partial charge in [-0.2, -0.15) is 0 Å². The predicted octanol–water partition coefficient (Wildman–Crippen LogP) is -1.31. The fraction of sp³-hybridized carbons (Fsp3) is 0.684. The van der Waals surface area contributed by atoms with E-state index in [1.165, 1.54) is 16.7 Å². The number of fused-ring (bicyclic) bond motifs is 1. The number of aliphatic carboxylic acids is 1. The maximum Gasteiger partial charge on any atom is 0.353 e. The standard InChI is InChI=1S/C19H29N5O5S/c1-9-15-14(10(2)23-13(26)7-20-3)18(27)24(15)16(19(28)29)17(9)30-12-4-11(22-6-12)5-21-8-25/h8-12,14-15,20,22H,4-7H2,1-3H3,(H,21,25)(H,23,26)(H,28,29)/t9-,10-,11+,12+,14-,15+/m1/s1. The number of rotatable bonds is 10. The lowest BCUT2D eigenvalue weighted by molar-refractivity contribution is -0.158. The Labute approximate surface area is 179 Å². The summed E-state index contributed by atoms with van der Waals surface area (Å²) in [5.74, 6) is -2.13. The van der Waals surface area contributed by atoms with E-state index < -0.39 is 11.9 Å². The maximum absolute atomic E-state index is 12.8. The van der Waals surface area contributed by atoms with Gasteiger partial charge in [-0.15, -0.1) is 11.8 Å². The van der Waals surface area contributed by atoms with Crippen molar-refractivity contribution in [1.29, 1.82) is 0 Å². The normalized spacial score (nSPS) is 31.2. The minimum absolute atomic E-state index is 0.0713. The van der Waals surface area contributed by atoms with Crippen molar-refractivity contribution in [3.8, 4) is 0 Å². The number of carbonyl (C=O) groups is 4. The third-order valence-corrected chi connectivity index (χ3v) is 7.49. The van der Waals surface area contributed by atoms with Gasteiger partial charge in [0.25, 0.3) is 0 Å². The smallest absolute Gasteiger partial charge is 0.353 e. The fourth-order valence-electron chi connectivity index (χ4n) is 4.65. The first kappa shape index (κ1) is 22.6. The van der Waals surface area contributed by atoms with Gasteiger partial charge in [0.05, 0.1) is 18.5 Å². The molecule has 10 nitrogen and oxygen atoms in total. The summed E-state index contributed by atoms with van der Waals surface area (Å²) in [6, 6.07) is -0.502. The van der Waals surface area contributed by atoms with Gasteiger partial charge in [-0.05, 0) is 20.4 Å². The summed E-state index contributed by atoms with van der Waals surface area (Å²) in [7, 11) is 1.67. The van der Waals surface area contributed by atoms with Crippen molar-refractivity contribution in [2.75, 3.05) is 26.7 Å². The zero-order valence-corrected chi connectivity index (χ0v) is 18.1. The molecular weight excluding hydrogens is 410 g/mol. The Morgan fingerprint density at radius 1 is 1.43 bits per heavy atom. The molecule has 0 aliphatic carbocycles. The first-order chi connectivity index (χ1) is 14.3. The van der Waals surface area contributed by atoms with E-state index in [-0.39, 0.29) is 53.3 Å². The molecule has 2 fully saturated rings. The molecule has 0 bridgehead atoms. The Balaban J connectivity index is 1.71. The topological polar surface area (TPSA) is 140 Å². The quantitative estimate of drug-likeness (QED) is 0.209. The third-order valence-electron chi connectivity index (χ3n) is 5.98. The monoisotopic (exact) mass is 439 g/mol.